The van der Waals surface area contributed by atoms with E-state index in [1.165, 1.54) is 22.7 Å². The fraction of sp³-hybridized carbons (Fsp3) is 0.105. The highest BCUT2D eigenvalue weighted by atomic mass is 32.1. The minimum absolute atomic E-state index is 0.245. The predicted octanol–water partition coefficient (Wildman–Crippen LogP) is 4.57. The second-order valence-corrected chi connectivity index (χ2v) is 7.73. The zero-order valence-corrected chi connectivity index (χ0v) is 14.8. The van der Waals surface area contributed by atoms with Crippen LogP contribution in [0.25, 0.3) is 11.0 Å². The van der Waals surface area contributed by atoms with E-state index in [9.17, 15) is 9.90 Å². The summed E-state index contributed by atoms with van der Waals surface area (Å²) in [5.74, 6) is 0.0570. The molecular weight excluding hydrogens is 354 g/mol. The van der Waals surface area contributed by atoms with E-state index in [-0.39, 0.29) is 5.91 Å². The number of nitrogens with one attached hydrogen (secondary N) is 1. The Bertz CT molecular complexity index is 968. The summed E-state index contributed by atoms with van der Waals surface area (Å²) >= 11 is 3.02. The molecule has 0 saturated carbocycles. The molecule has 0 fully saturated rings. The number of hydrogen-bond donors (Lipinski definition) is 2. The van der Waals surface area contributed by atoms with Crippen molar-refractivity contribution in [3.05, 3.63) is 80.4 Å². The highest BCUT2D eigenvalue weighted by Crippen LogP contribution is 2.31. The van der Waals surface area contributed by atoms with E-state index in [1.54, 1.807) is 6.07 Å². The molecule has 0 aliphatic rings. The summed E-state index contributed by atoms with van der Waals surface area (Å²) in [6, 6.07) is 16.9. The third-order valence-corrected chi connectivity index (χ3v) is 5.90. The first-order valence-electron chi connectivity index (χ1n) is 7.77. The van der Waals surface area contributed by atoms with Gasteiger partial charge < -0.3 is 14.8 Å². The predicted molar refractivity (Wildman–Crippen MR) is 100 cm³/mol. The van der Waals surface area contributed by atoms with Crippen LogP contribution in [0.15, 0.2) is 64.4 Å². The van der Waals surface area contributed by atoms with Gasteiger partial charge in [-0.2, -0.15) is 0 Å². The van der Waals surface area contributed by atoms with Crippen molar-refractivity contribution in [2.24, 2.45) is 0 Å². The van der Waals surface area contributed by atoms with Gasteiger partial charge in [-0.3, -0.25) is 4.79 Å². The average molecular weight is 369 g/mol. The molecule has 4 rings (SSSR count). The summed E-state index contributed by atoms with van der Waals surface area (Å²) in [6.45, 7) is 0.401. The molecule has 4 nitrogen and oxygen atoms in total. The Morgan fingerprint density at radius 2 is 2.00 bits per heavy atom. The molecule has 0 aliphatic carbocycles. The van der Waals surface area contributed by atoms with Crippen LogP contribution in [0.2, 0.25) is 0 Å². The van der Waals surface area contributed by atoms with E-state index in [2.05, 4.69) is 5.32 Å². The fourth-order valence-electron chi connectivity index (χ4n) is 2.57. The maximum atomic E-state index is 12.3. The lowest BCUT2D eigenvalue weighted by Gasteiger charge is -2.05. The first kappa shape index (κ1) is 16.1. The second-order valence-electron chi connectivity index (χ2n) is 5.55. The molecule has 2 N–H and O–H groups in total. The number of aliphatic hydroxyl groups excluding tert-OH is 1. The molecule has 1 atom stereocenters. The first-order chi connectivity index (χ1) is 12.2. The van der Waals surface area contributed by atoms with Crippen molar-refractivity contribution in [1.29, 1.82) is 0 Å². The van der Waals surface area contributed by atoms with Crippen molar-refractivity contribution in [1.82, 2.24) is 5.32 Å². The van der Waals surface area contributed by atoms with Gasteiger partial charge in [-0.15, -0.1) is 22.7 Å². The van der Waals surface area contributed by atoms with Gasteiger partial charge in [0.15, 0.2) is 5.76 Å². The van der Waals surface area contributed by atoms with Crippen LogP contribution >= 0.6 is 22.7 Å². The summed E-state index contributed by atoms with van der Waals surface area (Å²) in [7, 11) is 0. The molecule has 3 aromatic heterocycles. The van der Waals surface area contributed by atoms with Crippen molar-refractivity contribution in [2.45, 2.75) is 12.6 Å². The Morgan fingerprint density at radius 1 is 1.12 bits per heavy atom. The number of hydrogen-bond acceptors (Lipinski definition) is 5. The van der Waals surface area contributed by atoms with Crippen molar-refractivity contribution in [2.75, 3.05) is 0 Å². The molecular formula is C19H15NO3S2. The highest BCUT2D eigenvalue weighted by molar-refractivity contribution is 7.12. The summed E-state index contributed by atoms with van der Waals surface area (Å²) in [5, 5.41) is 16.1. The van der Waals surface area contributed by atoms with Crippen LogP contribution in [0, 0.1) is 0 Å². The molecule has 0 aliphatic heterocycles. The van der Waals surface area contributed by atoms with E-state index in [4.69, 9.17) is 4.42 Å². The van der Waals surface area contributed by atoms with E-state index in [0.29, 0.717) is 17.9 Å². The lowest BCUT2D eigenvalue weighted by molar-refractivity contribution is 0.0925. The minimum Gasteiger partial charge on any atom is -0.451 e. The lowest BCUT2D eigenvalue weighted by atomic mass is 10.2. The van der Waals surface area contributed by atoms with Crippen LogP contribution in [-0.2, 0) is 6.54 Å². The number of para-hydroxylation sites is 1. The van der Waals surface area contributed by atoms with Gasteiger partial charge in [0.1, 0.15) is 11.7 Å². The molecule has 1 aromatic carbocycles. The molecule has 4 aromatic rings. The van der Waals surface area contributed by atoms with Gasteiger partial charge in [0, 0.05) is 20.0 Å². The molecule has 0 unspecified atom stereocenters. The minimum atomic E-state index is -0.607. The SMILES string of the molecule is O=C(NCc1ccc([C@H](O)c2cccs2)s1)c1cc2ccccc2o1. The zero-order chi connectivity index (χ0) is 17.2. The number of furan rings is 1. The molecule has 0 spiro atoms. The van der Waals surface area contributed by atoms with Crippen molar-refractivity contribution in [3.8, 4) is 0 Å². The van der Waals surface area contributed by atoms with Crippen molar-refractivity contribution >= 4 is 39.5 Å². The Kier molecular flexibility index (Phi) is 4.40. The van der Waals surface area contributed by atoms with E-state index in [1.807, 2.05) is 53.9 Å². The zero-order valence-electron chi connectivity index (χ0n) is 13.1. The van der Waals surface area contributed by atoms with Gasteiger partial charge in [-0.1, -0.05) is 24.3 Å². The van der Waals surface area contributed by atoms with Crippen LogP contribution in [0.3, 0.4) is 0 Å². The van der Waals surface area contributed by atoms with Gasteiger partial charge in [0.05, 0.1) is 6.54 Å². The first-order valence-corrected chi connectivity index (χ1v) is 9.47. The molecule has 1 amide bonds. The number of amides is 1. The number of carbonyl (C=O) groups excluding carboxylic acids is 1. The highest BCUT2D eigenvalue weighted by Gasteiger charge is 2.15. The molecule has 0 saturated heterocycles. The van der Waals surface area contributed by atoms with Crippen LogP contribution in [0.4, 0.5) is 0 Å². The molecule has 126 valence electrons. The van der Waals surface area contributed by atoms with Crippen molar-refractivity contribution < 1.29 is 14.3 Å². The fourth-order valence-corrected chi connectivity index (χ4v) is 4.33. The third-order valence-electron chi connectivity index (χ3n) is 3.84. The maximum absolute atomic E-state index is 12.3. The number of carbonyl (C=O) groups is 1. The Balaban J connectivity index is 1.42. The van der Waals surface area contributed by atoms with Crippen LogP contribution in [-0.4, -0.2) is 11.0 Å². The van der Waals surface area contributed by atoms with E-state index < -0.39 is 6.10 Å². The number of rotatable bonds is 5. The molecule has 25 heavy (non-hydrogen) atoms. The molecule has 3 heterocycles. The van der Waals surface area contributed by atoms with Gasteiger partial charge in [0.25, 0.3) is 5.91 Å². The summed E-state index contributed by atoms with van der Waals surface area (Å²) in [6.07, 6.45) is -0.607. The third kappa shape index (κ3) is 3.37. The van der Waals surface area contributed by atoms with Crippen molar-refractivity contribution in [3.63, 3.8) is 0 Å². The Morgan fingerprint density at radius 3 is 2.80 bits per heavy atom. The standard InChI is InChI=1S/C19H15NO3S2/c21-18(16-6-3-9-24-16)17-8-7-13(25-17)11-20-19(22)15-10-12-4-1-2-5-14(12)23-15/h1-10,18,21H,11H2,(H,20,22)/t18-/m1/s1. The number of fused-ring (bicyclic) bond motifs is 1. The normalized spacial score (nSPS) is 12.4. The second kappa shape index (κ2) is 6.84. The van der Waals surface area contributed by atoms with E-state index >= 15 is 0 Å². The van der Waals surface area contributed by atoms with Gasteiger partial charge in [0.2, 0.25) is 0 Å². The van der Waals surface area contributed by atoms with Crippen LogP contribution in [0.5, 0.6) is 0 Å². The van der Waals surface area contributed by atoms with Gasteiger partial charge >= 0.3 is 0 Å². The smallest absolute Gasteiger partial charge is 0.287 e. The number of thiophene rings is 2. The average Bonchev–Trinajstić information content (AvgIpc) is 3.39. The quantitative estimate of drug-likeness (QED) is 0.542. The number of aliphatic hydroxyl groups is 1. The van der Waals surface area contributed by atoms with Gasteiger partial charge in [-0.25, -0.2) is 0 Å². The summed E-state index contributed by atoms with van der Waals surface area (Å²) < 4.78 is 5.56. The van der Waals surface area contributed by atoms with Gasteiger partial charge in [-0.05, 0) is 35.7 Å². The molecule has 6 heteroatoms. The van der Waals surface area contributed by atoms with Crippen LogP contribution < -0.4 is 5.32 Å². The number of benzene rings is 1. The monoisotopic (exact) mass is 369 g/mol. The summed E-state index contributed by atoms with van der Waals surface area (Å²) in [4.78, 5) is 15.0. The Hall–Kier alpha value is -2.41. The van der Waals surface area contributed by atoms with Crippen LogP contribution in [0.1, 0.15) is 31.3 Å². The molecule has 0 bridgehead atoms. The lowest BCUT2D eigenvalue weighted by Crippen LogP contribution is -2.21. The largest absolute Gasteiger partial charge is 0.451 e. The van der Waals surface area contributed by atoms with E-state index in [0.717, 1.165) is 20.0 Å². The Labute approximate surface area is 152 Å². The molecule has 0 radical (unpaired) electrons. The summed E-state index contributed by atoms with van der Waals surface area (Å²) in [5.41, 5.74) is 0.699. The topological polar surface area (TPSA) is 62.5 Å². The maximum Gasteiger partial charge on any atom is 0.287 e.